The van der Waals surface area contributed by atoms with Crippen LogP contribution in [0, 0.1) is 0 Å². The van der Waals surface area contributed by atoms with Gasteiger partial charge in [0, 0.05) is 17.9 Å². The number of benzene rings is 1. The van der Waals surface area contributed by atoms with E-state index in [0.29, 0.717) is 0 Å². The highest BCUT2D eigenvalue weighted by Gasteiger charge is 2.05. The van der Waals surface area contributed by atoms with E-state index in [0.717, 1.165) is 82.1 Å². The fourth-order valence-electron chi connectivity index (χ4n) is 3.32. The zero-order valence-corrected chi connectivity index (χ0v) is 17.0. The molecule has 4 nitrogen and oxygen atoms in total. The van der Waals surface area contributed by atoms with E-state index in [1.165, 1.54) is 11.1 Å². The first-order valence-electron chi connectivity index (χ1n) is 10.2. The summed E-state index contributed by atoms with van der Waals surface area (Å²) in [7, 11) is 0. The van der Waals surface area contributed by atoms with E-state index in [1.54, 1.807) is 0 Å². The Hall–Kier alpha value is -1.55. The fourth-order valence-corrected chi connectivity index (χ4v) is 3.51. The Morgan fingerprint density at radius 1 is 0.667 bits per heavy atom. The molecular weight excluding hydrogens is 364 g/mol. The summed E-state index contributed by atoms with van der Waals surface area (Å²) in [6.45, 7) is 0. The van der Waals surface area contributed by atoms with Crippen LogP contribution >= 0.6 is 11.6 Å². The molecule has 0 unspecified atom stereocenters. The Bertz CT molecular complexity index is 571. The minimum absolute atomic E-state index is 0.273. The minimum atomic E-state index is -0.708. The largest absolute Gasteiger partial charge is 0.481 e. The Morgan fingerprint density at radius 2 is 1.11 bits per heavy atom. The van der Waals surface area contributed by atoms with Crippen molar-refractivity contribution in [2.75, 3.05) is 0 Å². The molecule has 0 saturated carbocycles. The molecule has 0 aromatic heterocycles. The van der Waals surface area contributed by atoms with E-state index in [1.807, 2.05) is 6.07 Å². The van der Waals surface area contributed by atoms with Crippen LogP contribution in [0.3, 0.4) is 0 Å². The summed E-state index contributed by atoms with van der Waals surface area (Å²) in [4.78, 5) is 21.0. The van der Waals surface area contributed by atoms with Gasteiger partial charge in [-0.05, 0) is 61.8 Å². The molecule has 2 N–H and O–H groups in total. The second-order valence-electron chi connectivity index (χ2n) is 7.24. The molecule has 0 aliphatic rings. The van der Waals surface area contributed by atoms with Crippen LogP contribution in [-0.2, 0) is 22.4 Å². The van der Waals surface area contributed by atoms with Gasteiger partial charge >= 0.3 is 11.9 Å². The summed E-state index contributed by atoms with van der Waals surface area (Å²) in [5.74, 6) is -1.41. The summed E-state index contributed by atoms with van der Waals surface area (Å²) in [6.07, 6.45) is 12.8. The number of carbonyl (C=O) groups is 2. The van der Waals surface area contributed by atoms with E-state index < -0.39 is 11.9 Å². The number of carboxylic acid groups (broad SMARTS) is 2. The van der Waals surface area contributed by atoms with Crippen molar-refractivity contribution in [2.24, 2.45) is 0 Å². The molecule has 5 heteroatoms. The molecule has 1 aromatic rings. The predicted molar refractivity (Wildman–Crippen MR) is 110 cm³/mol. The molecule has 0 aliphatic heterocycles. The molecule has 0 radical (unpaired) electrons. The van der Waals surface area contributed by atoms with E-state index in [4.69, 9.17) is 21.8 Å². The highest BCUT2D eigenvalue weighted by molar-refractivity contribution is 6.30. The average molecular weight is 397 g/mol. The smallest absolute Gasteiger partial charge is 0.303 e. The number of rotatable bonds is 16. The number of aryl methyl sites for hydroxylation is 2. The van der Waals surface area contributed by atoms with Gasteiger partial charge in [0.15, 0.2) is 0 Å². The van der Waals surface area contributed by atoms with Crippen molar-refractivity contribution < 1.29 is 19.8 Å². The Balaban J connectivity index is 2.25. The SMILES string of the molecule is O=C(O)CCCCCCCc1ccc(Cl)cc1CCCCCCCC(=O)O. The number of hydrogen-bond acceptors (Lipinski definition) is 2. The Morgan fingerprint density at radius 3 is 1.63 bits per heavy atom. The van der Waals surface area contributed by atoms with Gasteiger partial charge in [-0.3, -0.25) is 9.59 Å². The second-order valence-corrected chi connectivity index (χ2v) is 7.67. The topological polar surface area (TPSA) is 74.6 Å². The lowest BCUT2D eigenvalue weighted by atomic mass is 9.96. The van der Waals surface area contributed by atoms with Crippen LogP contribution in [0.4, 0.5) is 0 Å². The molecule has 152 valence electrons. The van der Waals surface area contributed by atoms with E-state index >= 15 is 0 Å². The first kappa shape index (κ1) is 23.5. The lowest BCUT2D eigenvalue weighted by Gasteiger charge is -2.10. The standard InChI is InChI=1S/C22H33ClO4/c23-20-16-15-18(11-7-3-1-5-9-13-21(24)25)19(17-20)12-8-4-2-6-10-14-22(26)27/h15-17H,1-14H2,(H,24,25)(H,26,27). The summed E-state index contributed by atoms with van der Waals surface area (Å²) < 4.78 is 0. The van der Waals surface area contributed by atoms with Gasteiger partial charge in [-0.25, -0.2) is 0 Å². The van der Waals surface area contributed by atoms with E-state index in [9.17, 15) is 9.59 Å². The van der Waals surface area contributed by atoms with Crippen molar-refractivity contribution in [3.63, 3.8) is 0 Å². The maximum absolute atomic E-state index is 10.5. The highest BCUT2D eigenvalue weighted by Crippen LogP contribution is 2.21. The Kier molecular flexibility index (Phi) is 12.6. The first-order valence-corrected chi connectivity index (χ1v) is 10.6. The summed E-state index contributed by atoms with van der Waals surface area (Å²) in [5, 5.41) is 18.1. The van der Waals surface area contributed by atoms with Crippen molar-refractivity contribution in [1.82, 2.24) is 0 Å². The minimum Gasteiger partial charge on any atom is -0.481 e. The van der Waals surface area contributed by atoms with Crippen molar-refractivity contribution in [3.05, 3.63) is 34.3 Å². The molecule has 0 atom stereocenters. The molecule has 0 fully saturated rings. The molecule has 0 amide bonds. The molecular formula is C22H33ClO4. The van der Waals surface area contributed by atoms with Gasteiger partial charge in [-0.2, -0.15) is 0 Å². The zero-order valence-electron chi connectivity index (χ0n) is 16.2. The van der Waals surface area contributed by atoms with Gasteiger partial charge in [0.1, 0.15) is 0 Å². The highest BCUT2D eigenvalue weighted by atomic mass is 35.5. The number of aliphatic carboxylic acids is 2. The molecule has 0 aliphatic carbocycles. The van der Waals surface area contributed by atoms with Gasteiger partial charge in [0.25, 0.3) is 0 Å². The number of hydrogen-bond donors (Lipinski definition) is 2. The average Bonchev–Trinajstić information content (AvgIpc) is 2.61. The number of unbranched alkanes of at least 4 members (excludes halogenated alkanes) is 8. The second kappa shape index (κ2) is 14.5. The predicted octanol–water partition coefficient (Wildman–Crippen LogP) is 6.28. The molecule has 27 heavy (non-hydrogen) atoms. The van der Waals surface area contributed by atoms with Gasteiger partial charge < -0.3 is 10.2 Å². The quantitative estimate of drug-likeness (QED) is 0.322. The van der Waals surface area contributed by atoms with Gasteiger partial charge in [0.2, 0.25) is 0 Å². The van der Waals surface area contributed by atoms with Crippen LogP contribution in [0.1, 0.15) is 88.2 Å². The third kappa shape index (κ3) is 12.5. The monoisotopic (exact) mass is 396 g/mol. The van der Waals surface area contributed by atoms with Crippen molar-refractivity contribution in [2.45, 2.75) is 89.9 Å². The molecule has 1 rings (SSSR count). The lowest BCUT2D eigenvalue weighted by molar-refractivity contribution is -0.138. The van der Waals surface area contributed by atoms with Crippen LogP contribution in [0.5, 0.6) is 0 Å². The molecule has 1 aromatic carbocycles. The molecule has 0 heterocycles. The summed E-state index contributed by atoms with van der Waals surface area (Å²) in [5.41, 5.74) is 2.70. The number of halogens is 1. The van der Waals surface area contributed by atoms with Crippen molar-refractivity contribution in [3.8, 4) is 0 Å². The third-order valence-corrected chi connectivity index (χ3v) is 5.08. The van der Waals surface area contributed by atoms with E-state index in [2.05, 4.69) is 12.1 Å². The van der Waals surface area contributed by atoms with Crippen LogP contribution in [0.2, 0.25) is 5.02 Å². The maximum atomic E-state index is 10.5. The Labute approximate surface area is 167 Å². The van der Waals surface area contributed by atoms with Gasteiger partial charge in [-0.15, -0.1) is 0 Å². The van der Waals surface area contributed by atoms with E-state index in [-0.39, 0.29) is 12.8 Å². The maximum Gasteiger partial charge on any atom is 0.303 e. The normalized spacial score (nSPS) is 10.9. The van der Waals surface area contributed by atoms with Crippen LogP contribution in [0.15, 0.2) is 18.2 Å². The van der Waals surface area contributed by atoms with Gasteiger partial charge in [0.05, 0.1) is 0 Å². The summed E-state index contributed by atoms with van der Waals surface area (Å²) in [6, 6.07) is 6.17. The molecule has 0 saturated heterocycles. The van der Waals surface area contributed by atoms with Crippen LogP contribution in [0.25, 0.3) is 0 Å². The first-order chi connectivity index (χ1) is 13.0. The lowest BCUT2D eigenvalue weighted by Crippen LogP contribution is -1.97. The third-order valence-electron chi connectivity index (χ3n) is 4.84. The number of carboxylic acids is 2. The van der Waals surface area contributed by atoms with Crippen molar-refractivity contribution in [1.29, 1.82) is 0 Å². The molecule has 0 bridgehead atoms. The molecule has 0 spiro atoms. The summed E-state index contributed by atoms with van der Waals surface area (Å²) >= 11 is 6.17. The zero-order chi connectivity index (χ0) is 19.9. The van der Waals surface area contributed by atoms with Crippen LogP contribution in [-0.4, -0.2) is 22.2 Å². The van der Waals surface area contributed by atoms with Crippen molar-refractivity contribution >= 4 is 23.5 Å². The van der Waals surface area contributed by atoms with Crippen LogP contribution < -0.4 is 0 Å². The van der Waals surface area contributed by atoms with Gasteiger partial charge in [-0.1, -0.05) is 56.2 Å². The fraction of sp³-hybridized carbons (Fsp3) is 0.636.